The Hall–Kier alpha value is -1.62. The number of nitrogens with two attached hydrogens (primary N) is 1. The molecule has 15 heavy (non-hydrogen) atoms. The summed E-state index contributed by atoms with van der Waals surface area (Å²) in [5, 5.41) is 6.36. The van der Waals surface area contributed by atoms with E-state index in [-0.39, 0.29) is 17.9 Å². The van der Waals surface area contributed by atoms with Crippen molar-refractivity contribution in [3.05, 3.63) is 24.0 Å². The van der Waals surface area contributed by atoms with Gasteiger partial charge in [-0.1, -0.05) is 17.3 Å². The number of hydrogen-bond acceptors (Lipinski definition) is 4. The normalized spacial score (nSPS) is 24.4. The topological polar surface area (TPSA) is 81.2 Å². The lowest BCUT2D eigenvalue weighted by molar-refractivity contribution is -0.118. The predicted molar refractivity (Wildman–Crippen MR) is 55.1 cm³/mol. The van der Waals surface area contributed by atoms with Gasteiger partial charge in [0.25, 0.3) is 0 Å². The number of carbonyl (C=O) groups excluding carboxylic acids is 1. The zero-order chi connectivity index (χ0) is 10.8. The van der Waals surface area contributed by atoms with Gasteiger partial charge >= 0.3 is 0 Å². The molecule has 0 radical (unpaired) electrons. The molecule has 0 fully saturated rings. The van der Waals surface area contributed by atoms with Crippen molar-refractivity contribution in [2.75, 3.05) is 5.32 Å². The minimum atomic E-state index is -0.156. The third-order valence-electron chi connectivity index (χ3n) is 2.33. The van der Waals surface area contributed by atoms with Gasteiger partial charge in [-0.2, -0.15) is 0 Å². The standard InChI is InChI=1S/C10H13N3O2/c1-6-4-9(13-15-6)12-10(14)7-2-3-8(11)5-7/h2-4,7-8H,5,11H2,1H3,(H,12,13,14). The minimum absolute atomic E-state index is 0.0141. The van der Waals surface area contributed by atoms with Crippen LogP contribution in [0.3, 0.4) is 0 Å². The molecule has 80 valence electrons. The number of aromatic nitrogens is 1. The second kappa shape index (κ2) is 3.86. The Morgan fingerprint density at radius 2 is 2.47 bits per heavy atom. The summed E-state index contributed by atoms with van der Waals surface area (Å²) in [6, 6.07) is 1.66. The van der Waals surface area contributed by atoms with Crippen LogP contribution < -0.4 is 11.1 Å². The van der Waals surface area contributed by atoms with Gasteiger partial charge in [-0.05, 0) is 13.3 Å². The molecule has 3 N–H and O–H groups in total. The highest BCUT2D eigenvalue weighted by Crippen LogP contribution is 2.18. The molecular weight excluding hydrogens is 194 g/mol. The van der Waals surface area contributed by atoms with Crippen molar-refractivity contribution < 1.29 is 9.32 Å². The fourth-order valence-electron chi connectivity index (χ4n) is 1.57. The van der Waals surface area contributed by atoms with Gasteiger partial charge in [0.2, 0.25) is 5.91 Å². The van der Waals surface area contributed by atoms with Crippen LogP contribution in [0.4, 0.5) is 5.82 Å². The number of aryl methyl sites for hydroxylation is 1. The maximum atomic E-state index is 11.7. The third kappa shape index (κ3) is 2.24. The van der Waals surface area contributed by atoms with Crippen LogP contribution in [0, 0.1) is 12.8 Å². The zero-order valence-corrected chi connectivity index (χ0v) is 8.43. The summed E-state index contributed by atoms with van der Waals surface area (Å²) in [4.78, 5) is 11.7. The summed E-state index contributed by atoms with van der Waals surface area (Å²) in [6.07, 6.45) is 4.33. The molecule has 5 nitrogen and oxygen atoms in total. The Balaban J connectivity index is 1.96. The van der Waals surface area contributed by atoms with Gasteiger partial charge in [0.05, 0.1) is 5.92 Å². The van der Waals surface area contributed by atoms with Gasteiger partial charge < -0.3 is 15.6 Å². The molecule has 1 aliphatic carbocycles. The van der Waals surface area contributed by atoms with Crippen molar-refractivity contribution in [2.24, 2.45) is 11.7 Å². The Morgan fingerprint density at radius 1 is 1.67 bits per heavy atom. The van der Waals surface area contributed by atoms with Gasteiger partial charge in [0, 0.05) is 12.1 Å². The maximum absolute atomic E-state index is 11.7. The van der Waals surface area contributed by atoms with Crippen molar-refractivity contribution in [3.63, 3.8) is 0 Å². The van der Waals surface area contributed by atoms with E-state index >= 15 is 0 Å². The van der Waals surface area contributed by atoms with Gasteiger partial charge in [-0.25, -0.2) is 0 Å². The van der Waals surface area contributed by atoms with E-state index in [0.29, 0.717) is 18.0 Å². The molecule has 5 heteroatoms. The fourth-order valence-corrected chi connectivity index (χ4v) is 1.57. The van der Waals surface area contributed by atoms with Crippen LogP contribution in [0.25, 0.3) is 0 Å². The van der Waals surface area contributed by atoms with Crippen LogP contribution in [-0.4, -0.2) is 17.1 Å². The first-order valence-electron chi connectivity index (χ1n) is 4.83. The number of nitrogens with zero attached hydrogens (tertiary/aromatic N) is 1. The van der Waals surface area contributed by atoms with Gasteiger partial charge in [-0.3, -0.25) is 4.79 Å². The molecule has 0 aromatic carbocycles. The van der Waals surface area contributed by atoms with E-state index in [1.54, 1.807) is 13.0 Å². The number of nitrogens with one attached hydrogen (secondary N) is 1. The molecule has 1 aliphatic rings. The van der Waals surface area contributed by atoms with E-state index in [4.69, 9.17) is 10.3 Å². The Bertz CT molecular complexity index is 397. The van der Waals surface area contributed by atoms with Gasteiger partial charge in [-0.15, -0.1) is 0 Å². The molecule has 0 saturated carbocycles. The smallest absolute Gasteiger partial charge is 0.232 e. The summed E-state index contributed by atoms with van der Waals surface area (Å²) in [6.45, 7) is 1.77. The quantitative estimate of drug-likeness (QED) is 0.703. The van der Waals surface area contributed by atoms with Crippen LogP contribution in [0.1, 0.15) is 12.2 Å². The first-order chi connectivity index (χ1) is 7.15. The molecule has 2 atom stereocenters. The molecule has 1 aromatic heterocycles. The van der Waals surface area contributed by atoms with Crippen molar-refractivity contribution >= 4 is 11.7 Å². The molecule has 2 unspecified atom stereocenters. The molecule has 1 aromatic rings. The summed E-state index contributed by atoms with van der Waals surface area (Å²) < 4.78 is 4.84. The lowest BCUT2D eigenvalue weighted by atomic mass is 10.1. The molecule has 0 aliphatic heterocycles. The minimum Gasteiger partial charge on any atom is -0.360 e. The Kier molecular flexibility index (Phi) is 2.55. The molecule has 0 spiro atoms. The Labute approximate surface area is 87.3 Å². The van der Waals surface area contributed by atoms with E-state index < -0.39 is 0 Å². The number of hydrogen-bond donors (Lipinski definition) is 2. The van der Waals surface area contributed by atoms with Crippen molar-refractivity contribution in [1.29, 1.82) is 0 Å². The molecule has 1 amide bonds. The second-order valence-electron chi connectivity index (χ2n) is 3.70. The van der Waals surface area contributed by atoms with E-state index in [9.17, 15) is 4.79 Å². The van der Waals surface area contributed by atoms with Crippen LogP contribution in [0.2, 0.25) is 0 Å². The monoisotopic (exact) mass is 207 g/mol. The van der Waals surface area contributed by atoms with E-state index in [2.05, 4.69) is 10.5 Å². The van der Waals surface area contributed by atoms with Crippen LogP contribution >= 0.6 is 0 Å². The predicted octanol–water partition coefficient (Wildman–Crippen LogP) is 0.825. The summed E-state index contributed by atoms with van der Waals surface area (Å²) >= 11 is 0. The average molecular weight is 207 g/mol. The van der Waals surface area contributed by atoms with E-state index in [1.165, 1.54) is 0 Å². The third-order valence-corrected chi connectivity index (χ3v) is 2.33. The lowest BCUT2D eigenvalue weighted by Gasteiger charge is -2.07. The molecule has 0 saturated heterocycles. The summed E-state index contributed by atoms with van der Waals surface area (Å²) in [5.41, 5.74) is 5.66. The first-order valence-corrected chi connectivity index (χ1v) is 4.83. The maximum Gasteiger partial charge on any atom is 0.232 e. The SMILES string of the molecule is Cc1cc(NC(=O)C2C=CC(N)C2)no1. The number of carbonyl (C=O) groups is 1. The fraction of sp³-hybridized carbons (Fsp3) is 0.400. The highest BCUT2D eigenvalue weighted by Gasteiger charge is 2.23. The van der Waals surface area contributed by atoms with Crippen molar-refractivity contribution in [1.82, 2.24) is 5.16 Å². The second-order valence-corrected chi connectivity index (χ2v) is 3.70. The number of amides is 1. The summed E-state index contributed by atoms with van der Waals surface area (Å²) in [5.74, 6) is 0.875. The molecule has 0 bridgehead atoms. The lowest BCUT2D eigenvalue weighted by Crippen LogP contribution is -2.24. The van der Waals surface area contributed by atoms with Crippen molar-refractivity contribution in [3.8, 4) is 0 Å². The average Bonchev–Trinajstić information content (AvgIpc) is 2.75. The molecule has 1 heterocycles. The molecule has 2 rings (SSSR count). The van der Waals surface area contributed by atoms with Gasteiger partial charge in [0.1, 0.15) is 5.76 Å². The Morgan fingerprint density at radius 3 is 3.00 bits per heavy atom. The number of rotatable bonds is 2. The zero-order valence-electron chi connectivity index (χ0n) is 8.43. The van der Waals surface area contributed by atoms with Crippen LogP contribution in [0.5, 0.6) is 0 Å². The van der Waals surface area contributed by atoms with Gasteiger partial charge in [0.15, 0.2) is 5.82 Å². The van der Waals surface area contributed by atoms with E-state index in [0.717, 1.165) is 0 Å². The summed E-state index contributed by atoms with van der Waals surface area (Å²) in [7, 11) is 0. The highest BCUT2D eigenvalue weighted by molar-refractivity contribution is 5.93. The molecular formula is C10H13N3O2. The highest BCUT2D eigenvalue weighted by atomic mass is 16.5. The van der Waals surface area contributed by atoms with Crippen LogP contribution in [0.15, 0.2) is 22.7 Å². The van der Waals surface area contributed by atoms with E-state index in [1.807, 2.05) is 12.2 Å². The first kappa shape index (κ1) is 9.92. The largest absolute Gasteiger partial charge is 0.360 e. The van der Waals surface area contributed by atoms with Crippen molar-refractivity contribution in [2.45, 2.75) is 19.4 Å². The number of anilines is 1. The van der Waals surface area contributed by atoms with Crippen LogP contribution in [-0.2, 0) is 4.79 Å².